The molecule has 2 aromatic rings. The number of Topliss-reactive ketones (excluding diaryl/α,β-unsaturated/α-hetero) is 1. The summed E-state index contributed by atoms with van der Waals surface area (Å²) >= 11 is 3.30. The number of amides is 2. The standard InChI is InChI=1S/C16H10BrNO3/c1-9(19)11-7-6-10(8-14(11)17)18-15(20)12-4-2-3-5-13(12)16(18)21/h2-8H,1H3. The Balaban J connectivity index is 2.07. The monoisotopic (exact) mass is 343 g/mol. The first-order chi connectivity index (χ1) is 10.0. The second kappa shape index (κ2) is 4.93. The molecule has 5 heteroatoms. The van der Waals surface area contributed by atoms with Crippen molar-refractivity contribution in [1.29, 1.82) is 0 Å². The number of hydrogen-bond acceptors (Lipinski definition) is 3. The summed E-state index contributed by atoms with van der Waals surface area (Å²) < 4.78 is 0.559. The van der Waals surface area contributed by atoms with Crippen LogP contribution >= 0.6 is 15.9 Å². The molecule has 0 saturated heterocycles. The summed E-state index contributed by atoms with van der Waals surface area (Å²) in [5.41, 5.74) is 1.75. The lowest BCUT2D eigenvalue weighted by Crippen LogP contribution is -2.29. The van der Waals surface area contributed by atoms with Gasteiger partial charge in [0, 0.05) is 10.0 Å². The predicted molar refractivity (Wildman–Crippen MR) is 81.7 cm³/mol. The molecule has 0 fully saturated rings. The van der Waals surface area contributed by atoms with Gasteiger partial charge in [0.1, 0.15) is 0 Å². The average Bonchev–Trinajstić information content (AvgIpc) is 2.71. The van der Waals surface area contributed by atoms with Crippen molar-refractivity contribution in [1.82, 2.24) is 0 Å². The third kappa shape index (κ3) is 2.10. The quantitative estimate of drug-likeness (QED) is 0.619. The molecule has 0 spiro atoms. The Morgan fingerprint density at radius 1 is 1.00 bits per heavy atom. The molecule has 104 valence electrons. The van der Waals surface area contributed by atoms with Crippen molar-refractivity contribution in [2.24, 2.45) is 0 Å². The first-order valence-corrected chi connectivity index (χ1v) is 7.08. The van der Waals surface area contributed by atoms with E-state index < -0.39 is 0 Å². The van der Waals surface area contributed by atoms with Gasteiger partial charge >= 0.3 is 0 Å². The van der Waals surface area contributed by atoms with Crippen molar-refractivity contribution in [3.8, 4) is 0 Å². The minimum atomic E-state index is -0.349. The maximum atomic E-state index is 12.4. The Bertz CT molecular complexity index is 763. The number of benzene rings is 2. The minimum absolute atomic E-state index is 0.0872. The van der Waals surface area contributed by atoms with Gasteiger partial charge < -0.3 is 0 Å². The van der Waals surface area contributed by atoms with Crippen LogP contribution in [0.2, 0.25) is 0 Å². The number of halogens is 1. The normalized spacial score (nSPS) is 13.5. The van der Waals surface area contributed by atoms with Gasteiger partial charge in [-0.2, -0.15) is 0 Å². The molecule has 2 amide bonds. The molecule has 3 rings (SSSR count). The summed E-state index contributed by atoms with van der Waals surface area (Å²) in [6.07, 6.45) is 0. The van der Waals surface area contributed by atoms with Gasteiger partial charge in [0.2, 0.25) is 0 Å². The number of hydrogen-bond donors (Lipinski definition) is 0. The van der Waals surface area contributed by atoms with Crippen LogP contribution in [0.15, 0.2) is 46.9 Å². The summed E-state index contributed by atoms with van der Waals surface area (Å²) in [5.74, 6) is -0.785. The van der Waals surface area contributed by atoms with Crippen LogP contribution in [0.5, 0.6) is 0 Å². The highest BCUT2D eigenvalue weighted by atomic mass is 79.9. The van der Waals surface area contributed by atoms with Gasteiger partial charge in [-0.1, -0.05) is 12.1 Å². The fraction of sp³-hybridized carbons (Fsp3) is 0.0625. The van der Waals surface area contributed by atoms with Crippen LogP contribution in [0.1, 0.15) is 38.0 Å². The lowest BCUT2D eigenvalue weighted by Gasteiger charge is -2.15. The predicted octanol–water partition coefficient (Wildman–Crippen LogP) is 3.45. The summed E-state index contributed by atoms with van der Waals surface area (Å²) in [5, 5.41) is 0. The molecule has 1 heterocycles. The van der Waals surface area contributed by atoms with E-state index in [9.17, 15) is 14.4 Å². The van der Waals surface area contributed by atoms with E-state index in [-0.39, 0.29) is 17.6 Å². The highest BCUT2D eigenvalue weighted by molar-refractivity contribution is 9.10. The third-order valence-corrected chi connectivity index (χ3v) is 4.04. The number of anilines is 1. The number of fused-ring (bicyclic) bond motifs is 1. The van der Waals surface area contributed by atoms with Gasteiger partial charge in [-0.3, -0.25) is 14.4 Å². The zero-order chi connectivity index (χ0) is 15.1. The maximum absolute atomic E-state index is 12.4. The molecule has 0 bridgehead atoms. The highest BCUT2D eigenvalue weighted by Crippen LogP contribution is 2.31. The minimum Gasteiger partial charge on any atom is -0.294 e. The van der Waals surface area contributed by atoms with E-state index in [1.807, 2.05) is 0 Å². The number of nitrogens with zero attached hydrogens (tertiary/aromatic N) is 1. The number of carbonyl (C=O) groups excluding carboxylic acids is 3. The number of rotatable bonds is 2. The van der Waals surface area contributed by atoms with Crippen molar-refractivity contribution < 1.29 is 14.4 Å². The number of ketones is 1. The molecular weight excluding hydrogens is 334 g/mol. The Morgan fingerprint density at radius 2 is 1.57 bits per heavy atom. The van der Waals surface area contributed by atoms with E-state index in [0.29, 0.717) is 26.9 Å². The van der Waals surface area contributed by atoms with E-state index in [2.05, 4.69) is 15.9 Å². The van der Waals surface area contributed by atoms with Gasteiger partial charge in [-0.15, -0.1) is 0 Å². The second-order valence-electron chi connectivity index (χ2n) is 4.71. The fourth-order valence-corrected chi connectivity index (χ4v) is 3.00. The Morgan fingerprint density at radius 3 is 2.05 bits per heavy atom. The molecule has 0 saturated carbocycles. The molecule has 0 aliphatic carbocycles. The van der Waals surface area contributed by atoms with Gasteiger partial charge in [0.05, 0.1) is 16.8 Å². The molecule has 2 aromatic carbocycles. The lowest BCUT2D eigenvalue weighted by molar-refractivity contribution is 0.0925. The Labute approximate surface area is 129 Å². The second-order valence-corrected chi connectivity index (χ2v) is 5.57. The largest absolute Gasteiger partial charge is 0.294 e. The lowest BCUT2D eigenvalue weighted by atomic mass is 10.1. The molecule has 0 atom stereocenters. The van der Waals surface area contributed by atoms with Crippen molar-refractivity contribution in [2.75, 3.05) is 4.90 Å². The molecule has 21 heavy (non-hydrogen) atoms. The summed E-state index contributed by atoms with van der Waals surface area (Å²) in [4.78, 5) is 37.3. The van der Waals surface area contributed by atoms with Crippen LogP contribution < -0.4 is 4.90 Å². The summed E-state index contributed by atoms with van der Waals surface area (Å²) in [6, 6.07) is 11.5. The number of imide groups is 1. The maximum Gasteiger partial charge on any atom is 0.266 e. The Kier molecular flexibility index (Phi) is 3.22. The van der Waals surface area contributed by atoms with E-state index in [1.165, 1.54) is 6.92 Å². The molecule has 4 nitrogen and oxygen atoms in total. The summed E-state index contributed by atoms with van der Waals surface area (Å²) in [7, 11) is 0. The fourth-order valence-electron chi connectivity index (χ4n) is 2.35. The Hall–Kier alpha value is -2.27. The van der Waals surface area contributed by atoms with Gasteiger partial charge in [0.25, 0.3) is 11.8 Å². The SMILES string of the molecule is CC(=O)c1ccc(N2C(=O)c3ccccc3C2=O)cc1Br. The highest BCUT2D eigenvalue weighted by Gasteiger charge is 2.36. The molecule has 1 aliphatic rings. The van der Waals surface area contributed by atoms with E-state index >= 15 is 0 Å². The van der Waals surface area contributed by atoms with Crippen molar-refractivity contribution in [3.63, 3.8) is 0 Å². The van der Waals surface area contributed by atoms with Crippen LogP contribution in [0.25, 0.3) is 0 Å². The first-order valence-electron chi connectivity index (χ1n) is 6.29. The van der Waals surface area contributed by atoms with Gasteiger partial charge in [0.15, 0.2) is 5.78 Å². The van der Waals surface area contributed by atoms with Crippen molar-refractivity contribution in [3.05, 3.63) is 63.6 Å². The van der Waals surface area contributed by atoms with E-state index in [4.69, 9.17) is 0 Å². The molecule has 0 N–H and O–H groups in total. The smallest absolute Gasteiger partial charge is 0.266 e. The average molecular weight is 344 g/mol. The van der Waals surface area contributed by atoms with Gasteiger partial charge in [-0.05, 0) is 53.2 Å². The zero-order valence-electron chi connectivity index (χ0n) is 11.1. The molecule has 1 aliphatic heterocycles. The van der Waals surface area contributed by atoms with E-state index in [1.54, 1.807) is 42.5 Å². The molecule has 0 radical (unpaired) electrons. The van der Waals surface area contributed by atoms with E-state index in [0.717, 1.165) is 4.90 Å². The third-order valence-electron chi connectivity index (χ3n) is 3.38. The molecular formula is C16H10BrNO3. The van der Waals surface area contributed by atoms with Crippen LogP contribution in [-0.2, 0) is 0 Å². The zero-order valence-corrected chi connectivity index (χ0v) is 12.7. The topological polar surface area (TPSA) is 54.5 Å². The van der Waals surface area contributed by atoms with Crippen LogP contribution in [0, 0.1) is 0 Å². The van der Waals surface area contributed by atoms with Crippen molar-refractivity contribution in [2.45, 2.75) is 6.92 Å². The van der Waals surface area contributed by atoms with Crippen LogP contribution in [-0.4, -0.2) is 17.6 Å². The molecule has 0 unspecified atom stereocenters. The first kappa shape index (κ1) is 13.7. The van der Waals surface area contributed by atoms with Crippen molar-refractivity contribution >= 4 is 39.2 Å². The molecule has 0 aromatic heterocycles. The van der Waals surface area contributed by atoms with Crippen LogP contribution in [0.3, 0.4) is 0 Å². The number of carbonyl (C=O) groups is 3. The summed E-state index contributed by atoms with van der Waals surface area (Å²) in [6.45, 7) is 1.46. The van der Waals surface area contributed by atoms with Gasteiger partial charge in [-0.25, -0.2) is 4.90 Å². The van der Waals surface area contributed by atoms with Crippen LogP contribution in [0.4, 0.5) is 5.69 Å².